The Kier molecular flexibility index (Phi) is 6.41. The van der Waals surface area contributed by atoms with Gasteiger partial charge in [-0.15, -0.1) is 0 Å². The van der Waals surface area contributed by atoms with Gasteiger partial charge in [0.05, 0.1) is 0 Å². The van der Waals surface area contributed by atoms with Crippen LogP contribution in [0.2, 0.25) is 0 Å². The van der Waals surface area contributed by atoms with Crippen LogP contribution in [0, 0.1) is 35.0 Å². The highest BCUT2D eigenvalue weighted by Gasteiger charge is 2.47. The van der Waals surface area contributed by atoms with Crippen molar-refractivity contribution in [1.29, 1.82) is 0 Å². The maximum Gasteiger partial charge on any atom is 0.200 e. The molecule has 0 heterocycles. The molecule has 0 saturated heterocycles. The quantitative estimate of drug-likeness (QED) is 0.276. The molecule has 0 aromatic heterocycles. The predicted octanol–water partition coefficient (Wildman–Crippen LogP) is 6.07. The van der Waals surface area contributed by atoms with Crippen molar-refractivity contribution in [2.45, 2.75) is 45.8 Å². The summed E-state index contributed by atoms with van der Waals surface area (Å²) >= 11 is 0. The van der Waals surface area contributed by atoms with Gasteiger partial charge in [0, 0.05) is 11.2 Å². The first-order chi connectivity index (χ1) is 12.8. The predicted molar refractivity (Wildman–Crippen MR) is 100 cm³/mol. The molecule has 0 amide bonds. The number of rotatable bonds is 5. The van der Waals surface area contributed by atoms with Gasteiger partial charge < -0.3 is 4.57 Å². The second-order valence-electron chi connectivity index (χ2n) is 7.96. The summed E-state index contributed by atoms with van der Waals surface area (Å²) in [5.74, 6) is -10.8. The van der Waals surface area contributed by atoms with Crippen LogP contribution >= 0.6 is 7.29 Å². The van der Waals surface area contributed by atoms with E-state index in [4.69, 9.17) is 0 Å². The number of nitrogens with one attached hydrogen (secondary N) is 1. The maximum atomic E-state index is 14.5. The summed E-state index contributed by atoms with van der Waals surface area (Å²) in [4.78, 5) is 0. The van der Waals surface area contributed by atoms with Crippen LogP contribution < -0.4 is 10.4 Å². The second kappa shape index (κ2) is 7.96. The Bertz CT molecular complexity index is 880. The minimum atomic E-state index is -4.33. The molecule has 154 valence electrons. The molecule has 0 aliphatic heterocycles. The first-order valence-corrected chi connectivity index (χ1v) is 10.5. The van der Waals surface area contributed by atoms with E-state index < -0.39 is 52.9 Å². The highest BCUT2D eigenvalue weighted by Crippen LogP contribution is 2.56. The average molecular weight is 419 g/mol. The summed E-state index contributed by atoms with van der Waals surface area (Å²) < 4.78 is 84.2. The van der Waals surface area contributed by atoms with Crippen LogP contribution in [0.4, 0.5) is 22.0 Å². The molecule has 0 aliphatic carbocycles. The van der Waals surface area contributed by atoms with E-state index in [1.54, 1.807) is 44.2 Å². The van der Waals surface area contributed by atoms with Gasteiger partial charge in [-0.1, -0.05) is 65.0 Å². The molecule has 0 radical (unpaired) electrons. The molecule has 2 aromatic rings. The molecule has 0 saturated carbocycles. The average Bonchev–Trinajstić information content (AvgIpc) is 2.62. The van der Waals surface area contributed by atoms with Crippen molar-refractivity contribution < 1.29 is 26.5 Å². The molecule has 2 rings (SSSR count). The van der Waals surface area contributed by atoms with Crippen molar-refractivity contribution in [1.82, 2.24) is 5.09 Å². The molecule has 8 heteroatoms. The lowest BCUT2D eigenvalue weighted by Crippen LogP contribution is -2.39. The number of hydrogen-bond donors (Lipinski definition) is 1. The van der Waals surface area contributed by atoms with Gasteiger partial charge in [0.2, 0.25) is 5.82 Å². The minimum Gasteiger partial charge on any atom is -0.301 e. The molecule has 0 spiro atoms. The zero-order valence-electron chi connectivity index (χ0n) is 16.3. The summed E-state index contributed by atoms with van der Waals surface area (Å²) in [5.41, 5.74) is 0.686. The van der Waals surface area contributed by atoms with Crippen molar-refractivity contribution in [3.63, 3.8) is 0 Å². The van der Waals surface area contributed by atoms with Crippen molar-refractivity contribution in [3.8, 4) is 0 Å². The largest absolute Gasteiger partial charge is 0.301 e. The molecular weight excluding hydrogens is 396 g/mol. The SMILES string of the molecule is CC(C)[C@@H](NP(=O)(c1c(F)c(F)c(F)c(F)c1F)C(C)(C)C)c1ccccc1. The number of halogens is 5. The highest BCUT2D eigenvalue weighted by atomic mass is 31.2. The molecule has 2 aromatic carbocycles. The first kappa shape index (κ1) is 22.6. The lowest BCUT2D eigenvalue weighted by atomic mass is 9.97. The van der Waals surface area contributed by atoms with E-state index in [0.29, 0.717) is 5.56 Å². The molecule has 0 fully saturated rings. The van der Waals surface area contributed by atoms with Gasteiger partial charge in [0.1, 0.15) is 5.30 Å². The third-order valence-corrected chi connectivity index (χ3v) is 8.15. The molecule has 1 unspecified atom stereocenters. The maximum absolute atomic E-state index is 14.5. The smallest absolute Gasteiger partial charge is 0.200 e. The summed E-state index contributed by atoms with van der Waals surface area (Å²) in [6, 6.07) is 8.10. The Hall–Kier alpha value is -1.72. The van der Waals surface area contributed by atoms with Crippen LogP contribution in [0.25, 0.3) is 0 Å². The fourth-order valence-corrected chi connectivity index (χ4v) is 5.70. The second-order valence-corrected chi connectivity index (χ2v) is 11.2. The lowest BCUT2D eigenvalue weighted by molar-refractivity contribution is 0.382. The Morgan fingerprint density at radius 1 is 0.821 bits per heavy atom. The van der Waals surface area contributed by atoms with Crippen LogP contribution in [0.1, 0.15) is 46.2 Å². The van der Waals surface area contributed by atoms with Gasteiger partial charge in [0.25, 0.3) is 0 Å². The monoisotopic (exact) mass is 419 g/mol. The Morgan fingerprint density at radius 2 is 1.25 bits per heavy atom. The van der Waals surface area contributed by atoms with Gasteiger partial charge in [-0.25, -0.2) is 22.0 Å². The first-order valence-electron chi connectivity index (χ1n) is 8.77. The van der Waals surface area contributed by atoms with E-state index in [1.165, 1.54) is 20.8 Å². The molecule has 1 N–H and O–H groups in total. The van der Waals surface area contributed by atoms with Crippen LogP contribution in [-0.4, -0.2) is 5.16 Å². The third kappa shape index (κ3) is 3.87. The van der Waals surface area contributed by atoms with E-state index >= 15 is 0 Å². The van der Waals surface area contributed by atoms with E-state index in [2.05, 4.69) is 5.09 Å². The van der Waals surface area contributed by atoms with Crippen molar-refractivity contribution >= 4 is 12.6 Å². The van der Waals surface area contributed by atoms with Gasteiger partial charge in [-0.3, -0.25) is 5.09 Å². The molecule has 0 aliphatic rings. The molecule has 2 nitrogen and oxygen atoms in total. The fourth-order valence-electron chi connectivity index (χ4n) is 2.93. The van der Waals surface area contributed by atoms with Crippen LogP contribution in [-0.2, 0) is 4.57 Å². The summed E-state index contributed by atoms with van der Waals surface area (Å²) in [7, 11) is -4.33. The lowest BCUT2D eigenvalue weighted by Gasteiger charge is -2.37. The zero-order valence-corrected chi connectivity index (χ0v) is 17.2. The van der Waals surface area contributed by atoms with Crippen LogP contribution in [0.15, 0.2) is 30.3 Å². The highest BCUT2D eigenvalue weighted by molar-refractivity contribution is 7.71. The van der Waals surface area contributed by atoms with E-state index in [0.717, 1.165) is 0 Å². The van der Waals surface area contributed by atoms with Crippen molar-refractivity contribution in [2.75, 3.05) is 0 Å². The molecule has 2 atom stereocenters. The normalized spacial score (nSPS) is 15.5. The number of hydrogen-bond acceptors (Lipinski definition) is 1. The topological polar surface area (TPSA) is 29.1 Å². The summed E-state index contributed by atoms with van der Waals surface area (Å²) in [6.45, 7) is 7.90. The zero-order chi connectivity index (χ0) is 21.4. The van der Waals surface area contributed by atoms with Crippen LogP contribution in [0.3, 0.4) is 0 Å². The van der Waals surface area contributed by atoms with Crippen molar-refractivity contribution in [2.24, 2.45) is 5.92 Å². The fraction of sp³-hybridized carbons (Fsp3) is 0.400. The molecule has 0 bridgehead atoms. The Morgan fingerprint density at radius 3 is 1.64 bits per heavy atom. The standard InChI is InChI=1S/C20H23F5NOP/c1-11(2)18(12-9-7-6-8-10-12)26-28(27,20(3,4)5)19-16(24)14(22)13(21)15(23)17(19)25/h6-11,18H,1-5H3,(H,26,27)/t18-,28?/m1/s1. The summed E-state index contributed by atoms with van der Waals surface area (Å²) in [5, 5.41) is 0.158. The third-order valence-electron chi connectivity index (χ3n) is 4.59. The molecule has 28 heavy (non-hydrogen) atoms. The van der Waals surface area contributed by atoms with E-state index in [-0.39, 0.29) is 5.92 Å². The van der Waals surface area contributed by atoms with Gasteiger partial charge in [0.15, 0.2) is 30.6 Å². The number of benzene rings is 2. The minimum absolute atomic E-state index is 0.181. The van der Waals surface area contributed by atoms with E-state index in [1.807, 2.05) is 0 Å². The van der Waals surface area contributed by atoms with Gasteiger partial charge >= 0.3 is 0 Å². The molecular formula is C20H23F5NOP. The van der Waals surface area contributed by atoms with Gasteiger partial charge in [-0.05, 0) is 11.5 Å². The summed E-state index contributed by atoms with van der Waals surface area (Å²) in [6.07, 6.45) is 0. The van der Waals surface area contributed by atoms with Crippen molar-refractivity contribution in [3.05, 3.63) is 65.0 Å². The van der Waals surface area contributed by atoms with E-state index in [9.17, 15) is 26.5 Å². The Labute approximate surface area is 161 Å². The Balaban J connectivity index is 2.76. The van der Waals surface area contributed by atoms with Gasteiger partial charge in [-0.2, -0.15) is 0 Å². The van der Waals surface area contributed by atoms with Crippen LogP contribution in [0.5, 0.6) is 0 Å².